The molecule has 0 fully saturated rings. The van der Waals surface area contributed by atoms with E-state index in [1.165, 1.54) is 16.7 Å². The van der Waals surface area contributed by atoms with Crippen molar-refractivity contribution in [2.75, 3.05) is 0 Å². The third-order valence-electron chi connectivity index (χ3n) is 5.75. The number of benzene rings is 1. The molecule has 176 valence electrons. The van der Waals surface area contributed by atoms with Crippen LogP contribution in [0, 0.1) is 0 Å². The van der Waals surface area contributed by atoms with Gasteiger partial charge in [0.1, 0.15) is 0 Å². The lowest BCUT2D eigenvalue weighted by Crippen LogP contribution is -2.20. The molecule has 1 aromatic carbocycles. The van der Waals surface area contributed by atoms with Crippen molar-refractivity contribution in [1.29, 1.82) is 0 Å². The summed E-state index contributed by atoms with van der Waals surface area (Å²) < 4.78 is 55.6. The minimum Gasteiger partial charge on any atom is -0.289 e. The van der Waals surface area contributed by atoms with E-state index in [1.54, 1.807) is 6.08 Å². The molecule has 0 radical (unpaired) electrons. The summed E-state index contributed by atoms with van der Waals surface area (Å²) in [5.41, 5.74) is 3.02. The molecular formula is C31H40O2. The Hall–Kier alpha value is -2.74. The average molecular weight is 452 g/mol. The molecule has 0 saturated heterocycles. The van der Waals surface area contributed by atoms with E-state index < -0.39 is 59.3 Å². The van der Waals surface area contributed by atoms with Gasteiger partial charge in [0, 0.05) is 26.4 Å². The van der Waals surface area contributed by atoms with Crippen molar-refractivity contribution in [3.63, 3.8) is 0 Å². The zero-order chi connectivity index (χ0) is 30.4. The van der Waals surface area contributed by atoms with Gasteiger partial charge in [-0.15, -0.1) is 0 Å². The standard InChI is InChI=1S/C31H40O2/c1-22(2)12-9-13-23(3)14-10-15-24(4)16-11-17-25(5)20-21-27-26(6)30(32)28-18-7-8-19-29(28)31(27)33/h7-8,12,14,16,18-20H,9-11,13,15,17,21H2,1-6H3/b23-14-,24-16-,25-20+/i6D3,7D,8D,18D,19D. The number of hydrogen-bond donors (Lipinski definition) is 0. The smallest absolute Gasteiger partial charge is 0.190 e. The summed E-state index contributed by atoms with van der Waals surface area (Å²) in [5.74, 6) is -1.88. The zero-order valence-corrected chi connectivity index (χ0v) is 20.6. The molecule has 0 N–H and O–H groups in total. The molecule has 0 amide bonds. The normalized spacial score (nSPS) is 18.6. The summed E-state index contributed by atoms with van der Waals surface area (Å²) in [6, 6.07) is -2.64. The van der Waals surface area contributed by atoms with Crippen LogP contribution in [0.4, 0.5) is 0 Å². The molecule has 0 bridgehead atoms. The second-order valence-electron chi connectivity index (χ2n) is 9.01. The molecule has 33 heavy (non-hydrogen) atoms. The van der Waals surface area contributed by atoms with Crippen LogP contribution in [0.1, 0.15) is 117 Å². The van der Waals surface area contributed by atoms with E-state index in [-0.39, 0.29) is 12.0 Å². The van der Waals surface area contributed by atoms with E-state index in [1.807, 2.05) is 6.92 Å². The van der Waals surface area contributed by atoms with Crippen LogP contribution in [0.5, 0.6) is 0 Å². The Morgan fingerprint density at radius 3 is 1.76 bits per heavy atom. The van der Waals surface area contributed by atoms with Gasteiger partial charge in [-0.3, -0.25) is 9.59 Å². The molecule has 2 nitrogen and oxygen atoms in total. The Labute approximate surface area is 210 Å². The molecule has 0 aliphatic heterocycles. The van der Waals surface area contributed by atoms with E-state index in [9.17, 15) is 9.59 Å². The zero-order valence-electron chi connectivity index (χ0n) is 27.6. The predicted molar refractivity (Wildman–Crippen MR) is 141 cm³/mol. The molecule has 0 aromatic heterocycles. The van der Waals surface area contributed by atoms with Gasteiger partial charge >= 0.3 is 0 Å². The summed E-state index contributed by atoms with van der Waals surface area (Å²) in [5, 5.41) is 0. The van der Waals surface area contributed by atoms with Gasteiger partial charge in [-0.1, -0.05) is 70.8 Å². The first-order chi connectivity index (χ1) is 18.6. The Balaban J connectivity index is 2.14. The minimum atomic E-state index is -2.91. The lowest BCUT2D eigenvalue weighted by molar-refractivity contribution is 0.0973. The van der Waals surface area contributed by atoms with Crippen LogP contribution in [0.15, 0.2) is 81.9 Å². The highest BCUT2D eigenvalue weighted by molar-refractivity contribution is 6.26. The summed E-state index contributed by atoms with van der Waals surface area (Å²) in [6.07, 6.45) is 13.9. The lowest BCUT2D eigenvalue weighted by Gasteiger charge is -2.18. The van der Waals surface area contributed by atoms with Crippen molar-refractivity contribution in [2.24, 2.45) is 0 Å². The maximum absolute atomic E-state index is 13.4. The van der Waals surface area contributed by atoms with E-state index in [2.05, 4.69) is 45.9 Å². The first kappa shape index (κ1) is 17.7. The van der Waals surface area contributed by atoms with Gasteiger partial charge in [0.25, 0.3) is 0 Å². The maximum Gasteiger partial charge on any atom is 0.190 e. The van der Waals surface area contributed by atoms with Gasteiger partial charge in [-0.25, -0.2) is 0 Å². The van der Waals surface area contributed by atoms with Crippen LogP contribution in [-0.4, -0.2) is 11.6 Å². The average Bonchev–Trinajstić information content (AvgIpc) is 2.85. The van der Waals surface area contributed by atoms with Crippen LogP contribution in [-0.2, 0) is 0 Å². The fourth-order valence-corrected chi connectivity index (χ4v) is 3.64. The lowest BCUT2D eigenvalue weighted by atomic mass is 9.83. The van der Waals surface area contributed by atoms with Gasteiger partial charge in [-0.05, 0) is 86.4 Å². The first-order valence-corrected chi connectivity index (χ1v) is 11.6. The number of Topliss-reactive ketones (excluding diaryl/α,β-unsaturated/α-hetero) is 2. The SMILES string of the molecule is [2H]c1c([2H])c([2H])c2c(c1[2H])C(=O)C(C/C=C(\C)CC/C=C(/C)CC/C=C(/C)CCC=C(C)C)=C(C([2H])([2H])[2H])C2=O. The van der Waals surface area contributed by atoms with Crippen molar-refractivity contribution in [3.05, 3.63) is 93.0 Å². The highest BCUT2D eigenvalue weighted by Crippen LogP contribution is 2.28. The molecule has 0 atom stereocenters. The fourth-order valence-electron chi connectivity index (χ4n) is 3.64. The molecule has 0 saturated carbocycles. The van der Waals surface area contributed by atoms with Crippen LogP contribution in [0.25, 0.3) is 0 Å². The molecule has 2 heteroatoms. The molecule has 0 unspecified atom stereocenters. The van der Waals surface area contributed by atoms with E-state index in [4.69, 9.17) is 9.60 Å². The molecular weight excluding hydrogens is 404 g/mol. The summed E-state index contributed by atoms with van der Waals surface area (Å²) in [6.45, 7) is 7.46. The number of ketones is 2. The third-order valence-corrected chi connectivity index (χ3v) is 5.75. The van der Waals surface area contributed by atoms with Gasteiger partial charge in [0.2, 0.25) is 0 Å². The summed E-state index contributed by atoms with van der Waals surface area (Å²) in [7, 11) is 0. The fraction of sp³-hybridized carbons (Fsp3) is 0.419. The number of carbonyl (C=O) groups excluding carboxylic acids is 2. The van der Waals surface area contributed by atoms with Gasteiger partial charge in [0.15, 0.2) is 11.6 Å². The van der Waals surface area contributed by atoms with Crippen molar-refractivity contribution in [1.82, 2.24) is 0 Å². The van der Waals surface area contributed by atoms with Gasteiger partial charge < -0.3 is 0 Å². The Morgan fingerprint density at radius 1 is 0.758 bits per heavy atom. The molecule has 1 aliphatic carbocycles. The Morgan fingerprint density at radius 2 is 1.24 bits per heavy atom. The van der Waals surface area contributed by atoms with Crippen LogP contribution < -0.4 is 0 Å². The van der Waals surface area contributed by atoms with Crippen molar-refractivity contribution in [3.8, 4) is 0 Å². The highest BCUT2D eigenvalue weighted by atomic mass is 16.1. The topological polar surface area (TPSA) is 34.1 Å². The number of fused-ring (bicyclic) bond motifs is 1. The number of rotatable bonds is 11. The van der Waals surface area contributed by atoms with Gasteiger partial charge in [-0.2, -0.15) is 0 Å². The second-order valence-corrected chi connectivity index (χ2v) is 9.01. The van der Waals surface area contributed by atoms with Crippen LogP contribution in [0.2, 0.25) is 0 Å². The van der Waals surface area contributed by atoms with Crippen LogP contribution in [0.3, 0.4) is 0 Å². The van der Waals surface area contributed by atoms with E-state index >= 15 is 0 Å². The van der Waals surface area contributed by atoms with E-state index in [0.29, 0.717) is 6.42 Å². The largest absolute Gasteiger partial charge is 0.289 e. The van der Waals surface area contributed by atoms with Gasteiger partial charge in [0.05, 0.1) is 5.48 Å². The number of hydrogen-bond acceptors (Lipinski definition) is 2. The molecule has 0 heterocycles. The molecule has 1 aromatic rings. The Kier molecular flexibility index (Phi) is 7.02. The number of carbonyl (C=O) groups is 2. The van der Waals surface area contributed by atoms with Crippen molar-refractivity contribution >= 4 is 11.6 Å². The monoisotopic (exact) mass is 451 g/mol. The van der Waals surface area contributed by atoms with E-state index in [0.717, 1.165) is 37.7 Å². The second kappa shape index (κ2) is 13.1. The minimum absolute atomic E-state index is 0.105. The summed E-state index contributed by atoms with van der Waals surface area (Å²) >= 11 is 0. The third kappa shape index (κ3) is 8.28. The molecule has 0 spiro atoms. The van der Waals surface area contributed by atoms with Crippen LogP contribution >= 0.6 is 0 Å². The summed E-state index contributed by atoms with van der Waals surface area (Å²) in [4.78, 5) is 26.6. The van der Waals surface area contributed by atoms with Crippen molar-refractivity contribution < 1.29 is 19.2 Å². The number of allylic oxidation sites excluding steroid dienone is 10. The Bertz CT molecular complexity index is 1320. The maximum atomic E-state index is 13.4. The molecule has 2 rings (SSSR count). The highest BCUT2D eigenvalue weighted by Gasteiger charge is 2.28. The quantitative estimate of drug-likeness (QED) is 0.315. The predicted octanol–water partition coefficient (Wildman–Crippen LogP) is 8.92. The van der Waals surface area contributed by atoms with Crippen molar-refractivity contribution in [2.45, 2.75) is 86.4 Å². The first-order valence-electron chi connectivity index (χ1n) is 15.1. The molecule has 1 aliphatic rings.